The van der Waals surface area contributed by atoms with Gasteiger partial charge in [0.1, 0.15) is 0 Å². The highest BCUT2D eigenvalue weighted by atomic mass is 16.2. The van der Waals surface area contributed by atoms with Crippen LogP contribution < -0.4 is 0 Å². The minimum Gasteiger partial charge on any atom is -0.347 e. The molecule has 0 aliphatic carbocycles. The van der Waals surface area contributed by atoms with Crippen LogP contribution in [0.15, 0.2) is 31.0 Å². The Balaban J connectivity index is 1.89. The van der Waals surface area contributed by atoms with E-state index < -0.39 is 0 Å². The predicted molar refractivity (Wildman–Crippen MR) is 100 cm³/mol. The first kappa shape index (κ1) is 16.8. The van der Waals surface area contributed by atoms with E-state index in [2.05, 4.69) is 48.9 Å². The van der Waals surface area contributed by atoms with Gasteiger partial charge in [-0.05, 0) is 32.4 Å². The summed E-state index contributed by atoms with van der Waals surface area (Å²) in [4.78, 5) is 17.5. The lowest BCUT2D eigenvalue weighted by Gasteiger charge is -2.36. The van der Waals surface area contributed by atoms with Gasteiger partial charge in [-0.25, -0.2) is 0 Å². The fourth-order valence-electron chi connectivity index (χ4n) is 3.48. The van der Waals surface area contributed by atoms with Gasteiger partial charge in [0.05, 0.1) is 5.56 Å². The Morgan fingerprint density at radius 1 is 1.25 bits per heavy atom. The average Bonchev–Trinajstić information content (AvgIpc) is 2.98. The zero-order valence-electron chi connectivity index (χ0n) is 15.0. The molecule has 2 aromatic rings. The van der Waals surface area contributed by atoms with Crippen molar-refractivity contribution in [2.24, 2.45) is 0 Å². The topological polar surface area (TPSA) is 28.5 Å². The Kier molecular flexibility index (Phi) is 4.76. The van der Waals surface area contributed by atoms with Gasteiger partial charge in [0.25, 0.3) is 5.91 Å². The fraction of sp³-hybridized carbons (Fsp3) is 0.450. The molecule has 0 N–H and O–H groups in total. The quantitative estimate of drug-likeness (QED) is 0.861. The van der Waals surface area contributed by atoms with Gasteiger partial charge in [-0.1, -0.05) is 24.8 Å². The summed E-state index contributed by atoms with van der Waals surface area (Å²) >= 11 is 0. The summed E-state index contributed by atoms with van der Waals surface area (Å²) in [6.45, 7) is 14.7. The van der Waals surface area contributed by atoms with Crippen molar-refractivity contribution < 1.29 is 4.79 Å². The number of hydrogen-bond acceptors (Lipinski definition) is 2. The van der Waals surface area contributed by atoms with Gasteiger partial charge in [-0.2, -0.15) is 0 Å². The van der Waals surface area contributed by atoms with Crippen LogP contribution in [-0.4, -0.2) is 52.5 Å². The number of carbonyl (C=O) groups excluding carboxylic acids is 1. The highest BCUT2D eigenvalue weighted by molar-refractivity contribution is 6.07. The number of rotatable bonds is 4. The van der Waals surface area contributed by atoms with Crippen LogP contribution in [-0.2, 0) is 6.54 Å². The molecule has 0 saturated carbocycles. The van der Waals surface area contributed by atoms with Crippen LogP contribution in [0.1, 0.15) is 36.7 Å². The van der Waals surface area contributed by atoms with Crippen LogP contribution in [0.2, 0.25) is 0 Å². The standard InChI is InChI=1S/C20H27N3O/c1-5-16-7-8-17-18(14-21(6-2)19(17)13-16)20(24)23-11-9-22(10-12-23)15(3)4/h5,7-8,13-15H,1,6,9-12H2,2-4H3. The van der Waals surface area contributed by atoms with Crippen molar-refractivity contribution in [3.05, 3.63) is 42.1 Å². The van der Waals surface area contributed by atoms with Gasteiger partial charge in [0, 0.05) is 55.9 Å². The zero-order chi connectivity index (χ0) is 17.3. The molecular weight excluding hydrogens is 298 g/mol. The highest BCUT2D eigenvalue weighted by Gasteiger charge is 2.25. The number of amides is 1. The molecule has 24 heavy (non-hydrogen) atoms. The molecule has 2 heterocycles. The first-order valence-corrected chi connectivity index (χ1v) is 8.83. The van der Waals surface area contributed by atoms with Crippen molar-refractivity contribution in [1.82, 2.24) is 14.4 Å². The molecule has 4 heteroatoms. The molecule has 0 bridgehead atoms. The first-order valence-electron chi connectivity index (χ1n) is 8.83. The lowest BCUT2D eigenvalue weighted by atomic mass is 10.1. The van der Waals surface area contributed by atoms with Crippen molar-refractivity contribution >= 4 is 22.9 Å². The molecule has 1 aromatic carbocycles. The normalized spacial score (nSPS) is 16.1. The zero-order valence-corrected chi connectivity index (χ0v) is 15.0. The molecule has 1 aliphatic heterocycles. The number of nitrogens with zero attached hydrogens (tertiary/aromatic N) is 3. The Morgan fingerprint density at radius 3 is 2.54 bits per heavy atom. The second kappa shape index (κ2) is 6.81. The van der Waals surface area contributed by atoms with Gasteiger partial charge in [0.15, 0.2) is 0 Å². The predicted octanol–water partition coefficient (Wildman–Crippen LogP) is 3.47. The molecule has 1 aliphatic rings. The number of carbonyl (C=O) groups is 1. The fourth-order valence-corrected chi connectivity index (χ4v) is 3.48. The second-order valence-corrected chi connectivity index (χ2v) is 6.73. The number of aryl methyl sites for hydroxylation is 1. The molecule has 1 amide bonds. The summed E-state index contributed by atoms with van der Waals surface area (Å²) in [5, 5.41) is 1.04. The van der Waals surface area contributed by atoms with Gasteiger partial charge in [-0.15, -0.1) is 0 Å². The maximum absolute atomic E-state index is 13.0. The molecular formula is C20H27N3O. The molecule has 3 rings (SSSR count). The van der Waals surface area contributed by atoms with Crippen molar-refractivity contribution in [3.63, 3.8) is 0 Å². The van der Waals surface area contributed by atoms with Crippen molar-refractivity contribution in [2.75, 3.05) is 26.2 Å². The van der Waals surface area contributed by atoms with E-state index in [0.29, 0.717) is 6.04 Å². The number of aromatic nitrogens is 1. The van der Waals surface area contributed by atoms with E-state index in [4.69, 9.17) is 0 Å². The molecule has 0 atom stereocenters. The molecule has 0 unspecified atom stereocenters. The second-order valence-electron chi connectivity index (χ2n) is 6.73. The van der Waals surface area contributed by atoms with Crippen LogP contribution in [0, 0.1) is 0 Å². The third kappa shape index (κ3) is 2.98. The minimum atomic E-state index is 0.155. The van der Waals surface area contributed by atoms with E-state index >= 15 is 0 Å². The maximum atomic E-state index is 13.0. The Labute approximate surface area is 144 Å². The van der Waals surface area contributed by atoms with Gasteiger partial charge < -0.3 is 9.47 Å². The highest BCUT2D eigenvalue weighted by Crippen LogP contribution is 2.25. The molecule has 1 saturated heterocycles. The molecule has 0 spiro atoms. The maximum Gasteiger partial charge on any atom is 0.256 e. The summed E-state index contributed by atoms with van der Waals surface area (Å²) < 4.78 is 2.15. The van der Waals surface area contributed by atoms with Gasteiger partial charge >= 0.3 is 0 Å². The third-order valence-corrected chi connectivity index (χ3v) is 5.04. The lowest BCUT2D eigenvalue weighted by Crippen LogP contribution is -2.50. The van der Waals surface area contributed by atoms with Crippen LogP contribution >= 0.6 is 0 Å². The summed E-state index contributed by atoms with van der Waals surface area (Å²) in [5.74, 6) is 0.155. The summed E-state index contributed by atoms with van der Waals surface area (Å²) in [7, 11) is 0. The van der Waals surface area contributed by atoms with Crippen molar-refractivity contribution in [1.29, 1.82) is 0 Å². The lowest BCUT2D eigenvalue weighted by molar-refractivity contribution is 0.0597. The largest absolute Gasteiger partial charge is 0.347 e. The van der Waals surface area contributed by atoms with E-state index in [1.54, 1.807) is 0 Å². The minimum absolute atomic E-state index is 0.155. The summed E-state index contributed by atoms with van der Waals surface area (Å²) in [5.41, 5.74) is 3.01. The first-order chi connectivity index (χ1) is 11.5. The Hall–Kier alpha value is -2.07. The monoisotopic (exact) mass is 325 g/mol. The molecule has 4 nitrogen and oxygen atoms in total. The van der Waals surface area contributed by atoms with Crippen molar-refractivity contribution in [3.8, 4) is 0 Å². The van der Waals surface area contributed by atoms with E-state index in [9.17, 15) is 4.79 Å². The smallest absolute Gasteiger partial charge is 0.256 e. The Morgan fingerprint density at radius 2 is 1.96 bits per heavy atom. The third-order valence-electron chi connectivity index (χ3n) is 5.04. The Bertz CT molecular complexity index is 752. The van der Waals surface area contributed by atoms with E-state index in [0.717, 1.165) is 54.8 Å². The van der Waals surface area contributed by atoms with Crippen LogP contribution in [0.25, 0.3) is 17.0 Å². The van der Waals surface area contributed by atoms with E-state index in [-0.39, 0.29) is 5.91 Å². The summed E-state index contributed by atoms with van der Waals surface area (Å²) in [6.07, 6.45) is 3.85. The van der Waals surface area contributed by atoms with E-state index in [1.165, 1.54) is 0 Å². The molecule has 0 radical (unpaired) electrons. The van der Waals surface area contributed by atoms with Gasteiger partial charge in [-0.3, -0.25) is 9.69 Å². The number of fused-ring (bicyclic) bond motifs is 1. The van der Waals surface area contributed by atoms with Crippen LogP contribution in [0.3, 0.4) is 0 Å². The molecule has 1 fully saturated rings. The van der Waals surface area contributed by atoms with Gasteiger partial charge in [0.2, 0.25) is 0 Å². The summed E-state index contributed by atoms with van der Waals surface area (Å²) in [6, 6.07) is 6.74. The van der Waals surface area contributed by atoms with Crippen molar-refractivity contribution in [2.45, 2.75) is 33.4 Å². The average molecular weight is 325 g/mol. The van der Waals surface area contributed by atoms with Crippen LogP contribution in [0.4, 0.5) is 0 Å². The molecule has 128 valence electrons. The number of hydrogen-bond donors (Lipinski definition) is 0. The molecule has 1 aromatic heterocycles. The SMILES string of the molecule is C=Cc1ccc2c(C(=O)N3CCN(C(C)C)CC3)cn(CC)c2c1. The number of piperazine rings is 1. The van der Waals surface area contributed by atoms with E-state index in [1.807, 2.05) is 23.2 Å². The van der Waals surface area contributed by atoms with Crippen LogP contribution in [0.5, 0.6) is 0 Å². The number of benzene rings is 1.